The molecule has 0 aliphatic heterocycles. The highest BCUT2D eigenvalue weighted by molar-refractivity contribution is 5.25. The third-order valence-electron chi connectivity index (χ3n) is 3.13. The van der Waals surface area contributed by atoms with Gasteiger partial charge >= 0.3 is 0 Å². The largest absolute Gasteiger partial charge is 0.377 e. The van der Waals surface area contributed by atoms with Gasteiger partial charge in [-0.2, -0.15) is 0 Å². The minimum atomic E-state index is 0.312. The molecule has 108 valence electrons. The molecule has 19 heavy (non-hydrogen) atoms. The standard InChI is InChI=1S/C17H29NO/c1-13(2)12-16-6-8-17(9-7-16)15(5)18-10-11-19-14(3)4/h6-9,13-15,18H,10-12H2,1-5H3. The van der Waals surface area contributed by atoms with Crippen LogP contribution >= 0.6 is 0 Å². The van der Waals surface area contributed by atoms with Gasteiger partial charge in [0.15, 0.2) is 0 Å². The van der Waals surface area contributed by atoms with Crippen LogP contribution in [0.25, 0.3) is 0 Å². The van der Waals surface area contributed by atoms with Crippen molar-refractivity contribution in [3.63, 3.8) is 0 Å². The Labute approximate surface area is 118 Å². The maximum absolute atomic E-state index is 5.53. The molecule has 2 nitrogen and oxygen atoms in total. The first-order valence-electron chi connectivity index (χ1n) is 7.43. The van der Waals surface area contributed by atoms with Gasteiger partial charge < -0.3 is 10.1 Å². The van der Waals surface area contributed by atoms with Gasteiger partial charge in [0.05, 0.1) is 12.7 Å². The summed E-state index contributed by atoms with van der Waals surface area (Å²) in [5, 5.41) is 3.49. The van der Waals surface area contributed by atoms with Crippen molar-refractivity contribution in [3.05, 3.63) is 35.4 Å². The van der Waals surface area contributed by atoms with Gasteiger partial charge in [-0.3, -0.25) is 0 Å². The molecule has 1 aromatic carbocycles. The molecule has 1 N–H and O–H groups in total. The Morgan fingerprint density at radius 2 is 1.63 bits per heavy atom. The second kappa shape index (κ2) is 8.34. The second-order valence-corrected chi connectivity index (χ2v) is 5.93. The summed E-state index contributed by atoms with van der Waals surface area (Å²) in [5.41, 5.74) is 2.77. The van der Waals surface area contributed by atoms with Crippen LogP contribution in [0.5, 0.6) is 0 Å². The van der Waals surface area contributed by atoms with Crippen molar-refractivity contribution in [2.45, 2.75) is 53.2 Å². The molecule has 1 rings (SSSR count). The van der Waals surface area contributed by atoms with E-state index in [9.17, 15) is 0 Å². The van der Waals surface area contributed by atoms with E-state index >= 15 is 0 Å². The molecule has 0 radical (unpaired) electrons. The number of hydrogen-bond acceptors (Lipinski definition) is 2. The van der Waals surface area contributed by atoms with E-state index in [-0.39, 0.29) is 0 Å². The van der Waals surface area contributed by atoms with E-state index < -0.39 is 0 Å². The average Bonchev–Trinajstić information content (AvgIpc) is 2.34. The van der Waals surface area contributed by atoms with Crippen LogP contribution in [0.4, 0.5) is 0 Å². The van der Waals surface area contributed by atoms with Crippen molar-refractivity contribution in [3.8, 4) is 0 Å². The topological polar surface area (TPSA) is 21.3 Å². The smallest absolute Gasteiger partial charge is 0.0594 e. The molecule has 0 aliphatic rings. The van der Waals surface area contributed by atoms with Gasteiger partial charge in [0, 0.05) is 12.6 Å². The molecular formula is C17H29NO. The van der Waals surface area contributed by atoms with Crippen molar-refractivity contribution in [1.82, 2.24) is 5.32 Å². The Morgan fingerprint density at radius 3 is 2.16 bits per heavy atom. The molecule has 0 saturated carbocycles. The molecule has 0 saturated heterocycles. The van der Waals surface area contributed by atoms with E-state index in [0.717, 1.165) is 25.5 Å². The zero-order valence-electron chi connectivity index (χ0n) is 13.1. The fourth-order valence-corrected chi connectivity index (χ4v) is 2.10. The highest BCUT2D eigenvalue weighted by Crippen LogP contribution is 2.15. The highest BCUT2D eigenvalue weighted by Gasteiger charge is 2.05. The molecule has 0 fully saturated rings. The van der Waals surface area contributed by atoms with Crippen molar-refractivity contribution in [1.29, 1.82) is 0 Å². The van der Waals surface area contributed by atoms with Crippen LogP contribution in [0.15, 0.2) is 24.3 Å². The van der Waals surface area contributed by atoms with Gasteiger partial charge in [-0.1, -0.05) is 38.1 Å². The zero-order valence-corrected chi connectivity index (χ0v) is 13.1. The van der Waals surface area contributed by atoms with Crippen molar-refractivity contribution in [2.75, 3.05) is 13.2 Å². The maximum atomic E-state index is 5.53. The summed E-state index contributed by atoms with van der Waals surface area (Å²) in [6.07, 6.45) is 1.47. The first kappa shape index (κ1) is 16.2. The molecule has 0 amide bonds. The van der Waals surface area contributed by atoms with Crippen LogP contribution in [0.2, 0.25) is 0 Å². The van der Waals surface area contributed by atoms with Gasteiger partial charge in [0.1, 0.15) is 0 Å². The monoisotopic (exact) mass is 263 g/mol. The lowest BCUT2D eigenvalue weighted by molar-refractivity contribution is 0.0796. The first-order chi connectivity index (χ1) is 8.99. The molecule has 2 heteroatoms. The number of hydrogen-bond donors (Lipinski definition) is 1. The van der Waals surface area contributed by atoms with Crippen LogP contribution in [-0.4, -0.2) is 19.3 Å². The zero-order chi connectivity index (χ0) is 14.3. The summed E-state index contributed by atoms with van der Waals surface area (Å²) in [6, 6.07) is 9.34. The Morgan fingerprint density at radius 1 is 1.00 bits per heavy atom. The normalized spacial score (nSPS) is 13.2. The van der Waals surface area contributed by atoms with Crippen LogP contribution in [0, 0.1) is 5.92 Å². The van der Waals surface area contributed by atoms with E-state index in [1.54, 1.807) is 0 Å². The molecule has 0 bridgehead atoms. The third kappa shape index (κ3) is 6.74. The highest BCUT2D eigenvalue weighted by atomic mass is 16.5. The lowest BCUT2D eigenvalue weighted by Crippen LogP contribution is -2.24. The molecule has 0 aliphatic carbocycles. The summed E-state index contributed by atoms with van der Waals surface area (Å²) in [7, 11) is 0. The molecular weight excluding hydrogens is 234 g/mol. The summed E-state index contributed by atoms with van der Waals surface area (Å²) in [4.78, 5) is 0. The van der Waals surface area contributed by atoms with E-state index in [1.807, 2.05) is 0 Å². The Hall–Kier alpha value is -0.860. The van der Waals surface area contributed by atoms with Crippen LogP contribution in [0.3, 0.4) is 0 Å². The molecule has 0 aromatic heterocycles. The van der Waals surface area contributed by atoms with Crippen LogP contribution in [-0.2, 0) is 11.2 Å². The third-order valence-corrected chi connectivity index (χ3v) is 3.13. The predicted octanol–water partition coefficient (Wildman–Crippen LogP) is 3.96. The van der Waals surface area contributed by atoms with Crippen molar-refractivity contribution in [2.24, 2.45) is 5.92 Å². The van der Waals surface area contributed by atoms with E-state index in [4.69, 9.17) is 4.74 Å². The van der Waals surface area contributed by atoms with Gasteiger partial charge in [-0.15, -0.1) is 0 Å². The first-order valence-corrected chi connectivity index (χ1v) is 7.43. The fourth-order valence-electron chi connectivity index (χ4n) is 2.10. The van der Waals surface area contributed by atoms with E-state index in [2.05, 4.69) is 64.2 Å². The molecule has 1 aromatic rings. The molecule has 0 spiro atoms. The summed E-state index contributed by atoms with van der Waals surface area (Å²) in [5.74, 6) is 0.717. The quantitative estimate of drug-likeness (QED) is 0.717. The van der Waals surface area contributed by atoms with Gasteiger partial charge in [0.2, 0.25) is 0 Å². The van der Waals surface area contributed by atoms with E-state index in [1.165, 1.54) is 11.1 Å². The van der Waals surface area contributed by atoms with Crippen molar-refractivity contribution >= 4 is 0 Å². The number of ether oxygens (including phenoxy) is 1. The fraction of sp³-hybridized carbons (Fsp3) is 0.647. The number of rotatable bonds is 8. The van der Waals surface area contributed by atoms with Gasteiger partial charge in [-0.05, 0) is 44.2 Å². The van der Waals surface area contributed by atoms with Crippen LogP contribution < -0.4 is 5.32 Å². The predicted molar refractivity (Wildman–Crippen MR) is 82.5 cm³/mol. The minimum absolute atomic E-state index is 0.312. The van der Waals surface area contributed by atoms with E-state index in [0.29, 0.717) is 12.1 Å². The molecule has 0 heterocycles. The Balaban J connectivity index is 2.37. The summed E-state index contributed by atoms with van der Waals surface area (Å²) in [6.45, 7) is 12.5. The maximum Gasteiger partial charge on any atom is 0.0594 e. The number of benzene rings is 1. The summed E-state index contributed by atoms with van der Waals surface area (Å²) < 4.78 is 5.53. The van der Waals surface area contributed by atoms with Gasteiger partial charge in [-0.25, -0.2) is 0 Å². The number of nitrogens with one attached hydrogen (secondary N) is 1. The van der Waals surface area contributed by atoms with Gasteiger partial charge in [0.25, 0.3) is 0 Å². The SMILES string of the molecule is CC(C)Cc1ccc(C(C)NCCOC(C)C)cc1. The molecule has 1 atom stereocenters. The second-order valence-electron chi connectivity index (χ2n) is 5.93. The lowest BCUT2D eigenvalue weighted by atomic mass is 10.00. The Kier molecular flexibility index (Phi) is 7.11. The Bertz CT molecular complexity index is 343. The summed E-state index contributed by atoms with van der Waals surface area (Å²) >= 11 is 0. The lowest BCUT2D eigenvalue weighted by Gasteiger charge is -2.16. The average molecular weight is 263 g/mol. The molecule has 1 unspecified atom stereocenters. The minimum Gasteiger partial charge on any atom is -0.377 e. The van der Waals surface area contributed by atoms with Crippen LogP contribution in [0.1, 0.15) is 51.8 Å². The van der Waals surface area contributed by atoms with Crippen molar-refractivity contribution < 1.29 is 4.74 Å².